The summed E-state index contributed by atoms with van der Waals surface area (Å²) in [5.41, 5.74) is 7.15. The van der Waals surface area contributed by atoms with E-state index in [4.69, 9.17) is 15.6 Å². The van der Waals surface area contributed by atoms with Gasteiger partial charge in [0.25, 0.3) is 5.91 Å². The van der Waals surface area contributed by atoms with Gasteiger partial charge in [-0.05, 0) is 24.3 Å². The zero-order valence-corrected chi connectivity index (χ0v) is 9.22. The molecule has 0 saturated carbocycles. The Labute approximate surface area is 94.4 Å². The number of morpholine rings is 1. The van der Waals surface area contributed by atoms with E-state index >= 15 is 0 Å². The van der Waals surface area contributed by atoms with E-state index < -0.39 is 0 Å². The molecule has 1 aromatic carbocycles. The Kier molecular flexibility index (Phi) is 4.75. The fourth-order valence-electron chi connectivity index (χ4n) is 1.45. The molecule has 1 aliphatic rings. The summed E-state index contributed by atoms with van der Waals surface area (Å²) in [6.45, 7) is 1.38. The molecule has 5 heteroatoms. The van der Waals surface area contributed by atoms with Gasteiger partial charge in [-0.3, -0.25) is 4.79 Å². The van der Waals surface area contributed by atoms with Crippen LogP contribution < -0.4 is 10.6 Å². The summed E-state index contributed by atoms with van der Waals surface area (Å²) in [4.78, 5) is 13.2. The third-order valence-electron chi connectivity index (χ3n) is 2.19. The molecule has 2 rings (SSSR count). The van der Waals surface area contributed by atoms with E-state index in [1.54, 1.807) is 17.0 Å². The van der Waals surface area contributed by atoms with E-state index in [9.17, 15) is 4.79 Å². The van der Waals surface area contributed by atoms with Gasteiger partial charge in [0.1, 0.15) is 6.61 Å². The van der Waals surface area contributed by atoms with Crippen molar-refractivity contribution in [1.29, 1.82) is 0 Å². The van der Waals surface area contributed by atoms with Crippen molar-refractivity contribution in [2.24, 2.45) is 0 Å². The Balaban J connectivity index is 0.000000606. The number of aliphatic hydroxyl groups is 1. The lowest BCUT2D eigenvalue weighted by molar-refractivity contribution is -0.125. The van der Waals surface area contributed by atoms with Crippen LogP contribution in [0.5, 0.6) is 0 Å². The minimum atomic E-state index is 0.000946. The summed E-state index contributed by atoms with van der Waals surface area (Å²) < 4.78 is 5.04. The van der Waals surface area contributed by atoms with Crippen LogP contribution >= 0.6 is 0 Å². The minimum absolute atomic E-state index is 0.000946. The highest BCUT2D eigenvalue weighted by molar-refractivity contribution is 5.94. The molecule has 1 fully saturated rings. The minimum Gasteiger partial charge on any atom is -0.400 e. The van der Waals surface area contributed by atoms with Gasteiger partial charge in [-0.1, -0.05) is 0 Å². The molecular weight excluding hydrogens is 208 g/mol. The number of aliphatic hydroxyl groups excluding tert-OH is 1. The third-order valence-corrected chi connectivity index (χ3v) is 2.19. The standard InChI is InChI=1S/C10H12N2O2.CH4O/c11-8-1-3-9(4-2-8)12-5-6-14-7-10(12)13;1-2/h1-4H,5-7,11H2;2H,1H3. The average Bonchev–Trinajstić information content (AvgIpc) is 2.34. The van der Waals surface area contributed by atoms with Crippen molar-refractivity contribution in [3.8, 4) is 0 Å². The van der Waals surface area contributed by atoms with Crippen LogP contribution in [-0.2, 0) is 9.53 Å². The Hall–Kier alpha value is -1.59. The SMILES string of the molecule is CO.Nc1ccc(N2CCOCC2=O)cc1. The van der Waals surface area contributed by atoms with Crippen molar-refractivity contribution in [3.05, 3.63) is 24.3 Å². The van der Waals surface area contributed by atoms with Gasteiger partial charge in [0.05, 0.1) is 6.61 Å². The summed E-state index contributed by atoms with van der Waals surface area (Å²) in [5, 5.41) is 7.00. The number of benzene rings is 1. The summed E-state index contributed by atoms with van der Waals surface area (Å²) in [6, 6.07) is 7.27. The van der Waals surface area contributed by atoms with Crippen molar-refractivity contribution in [1.82, 2.24) is 0 Å². The molecule has 0 spiro atoms. The van der Waals surface area contributed by atoms with Gasteiger partial charge in [0, 0.05) is 25.0 Å². The summed E-state index contributed by atoms with van der Waals surface area (Å²) >= 11 is 0. The largest absolute Gasteiger partial charge is 0.400 e. The normalized spacial score (nSPS) is 15.4. The monoisotopic (exact) mass is 224 g/mol. The number of rotatable bonds is 1. The molecule has 0 aliphatic carbocycles. The van der Waals surface area contributed by atoms with Crippen LogP contribution in [0.2, 0.25) is 0 Å². The van der Waals surface area contributed by atoms with Gasteiger partial charge >= 0.3 is 0 Å². The highest BCUT2D eigenvalue weighted by Crippen LogP contribution is 2.17. The second kappa shape index (κ2) is 6.09. The first-order valence-electron chi connectivity index (χ1n) is 4.96. The molecule has 0 aromatic heterocycles. The Morgan fingerprint density at radius 3 is 2.50 bits per heavy atom. The highest BCUT2D eigenvalue weighted by atomic mass is 16.5. The third kappa shape index (κ3) is 2.95. The fraction of sp³-hybridized carbons (Fsp3) is 0.364. The lowest BCUT2D eigenvalue weighted by Crippen LogP contribution is -2.41. The van der Waals surface area contributed by atoms with Crippen molar-refractivity contribution < 1.29 is 14.6 Å². The van der Waals surface area contributed by atoms with Crippen LogP contribution in [0.1, 0.15) is 0 Å². The quantitative estimate of drug-likeness (QED) is 0.670. The second-order valence-corrected chi connectivity index (χ2v) is 3.19. The number of amides is 1. The number of nitrogens with zero attached hydrogens (tertiary/aromatic N) is 1. The number of nitrogens with two attached hydrogens (primary N) is 1. The molecule has 1 aromatic rings. The number of ether oxygens (including phenoxy) is 1. The smallest absolute Gasteiger partial charge is 0.253 e. The van der Waals surface area contributed by atoms with Crippen molar-refractivity contribution in [2.45, 2.75) is 0 Å². The molecule has 88 valence electrons. The van der Waals surface area contributed by atoms with Crippen LogP contribution in [0.3, 0.4) is 0 Å². The van der Waals surface area contributed by atoms with E-state index in [2.05, 4.69) is 0 Å². The first-order valence-corrected chi connectivity index (χ1v) is 4.96. The van der Waals surface area contributed by atoms with Crippen LogP contribution in [0, 0.1) is 0 Å². The Morgan fingerprint density at radius 2 is 1.94 bits per heavy atom. The fourth-order valence-corrected chi connectivity index (χ4v) is 1.45. The van der Waals surface area contributed by atoms with E-state index in [1.807, 2.05) is 12.1 Å². The van der Waals surface area contributed by atoms with Gasteiger partial charge in [0.2, 0.25) is 0 Å². The van der Waals surface area contributed by atoms with Crippen LogP contribution in [0.4, 0.5) is 11.4 Å². The molecular formula is C11H16N2O3. The van der Waals surface area contributed by atoms with Crippen LogP contribution in [-0.4, -0.2) is 37.9 Å². The summed E-state index contributed by atoms with van der Waals surface area (Å²) in [6.07, 6.45) is 0. The van der Waals surface area contributed by atoms with Crippen molar-refractivity contribution >= 4 is 17.3 Å². The maximum Gasteiger partial charge on any atom is 0.253 e. The van der Waals surface area contributed by atoms with E-state index in [1.165, 1.54) is 0 Å². The summed E-state index contributed by atoms with van der Waals surface area (Å²) in [7, 11) is 1.00. The number of anilines is 2. The number of hydrogen-bond acceptors (Lipinski definition) is 4. The van der Waals surface area contributed by atoms with E-state index in [0.717, 1.165) is 12.8 Å². The van der Waals surface area contributed by atoms with Gasteiger partial charge in [-0.25, -0.2) is 0 Å². The molecule has 5 nitrogen and oxygen atoms in total. The molecule has 3 N–H and O–H groups in total. The van der Waals surface area contributed by atoms with Crippen LogP contribution in [0.25, 0.3) is 0 Å². The first-order chi connectivity index (χ1) is 7.77. The predicted octanol–water partition coefficient (Wildman–Crippen LogP) is 0.240. The van der Waals surface area contributed by atoms with Crippen molar-refractivity contribution in [2.75, 3.05) is 37.5 Å². The maximum absolute atomic E-state index is 11.4. The van der Waals surface area contributed by atoms with Gasteiger partial charge in [-0.15, -0.1) is 0 Å². The number of hydrogen-bond donors (Lipinski definition) is 2. The maximum atomic E-state index is 11.4. The average molecular weight is 224 g/mol. The lowest BCUT2D eigenvalue weighted by atomic mass is 10.2. The van der Waals surface area contributed by atoms with Crippen LogP contribution in [0.15, 0.2) is 24.3 Å². The molecule has 0 radical (unpaired) electrons. The highest BCUT2D eigenvalue weighted by Gasteiger charge is 2.19. The topological polar surface area (TPSA) is 75.8 Å². The van der Waals surface area contributed by atoms with Gasteiger partial charge < -0.3 is 20.5 Å². The first kappa shape index (κ1) is 12.5. The molecule has 16 heavy (non-hydrogen) atoms. The zero-order chi connectivity index (χ0) is 12.0. The lowest BCUT2D eigenvalue weighted by Gasteiger charge is -2.26. The summed E-state index contributed by atoms with van der Waals surface area (Å²) in [5.74, 6) is 0.000946. The number of nitrogen functional groups attached to an aromatic ring is 1. The molecule has 1 amide bonds. The van der Waals surface area contributed by atoms with Gasteiger partial charge in [0.15, 0.2) is 0 Å². The molecule has 1 saturated heterocycles. The second-order valence-electron chi connectivity index (χ2n) is 3.19. The molecule has 0 atom stereocenters. The Bertz CT molecular complexity index is 338. The predicted molar refractivity (Wildman–Crippen MR) is 62.2 cm³/mol. The number of carbonyl (C=O) groups is 1. The van der Waals surface area contributed by atoms with Crippen molar-refractivity contribution in [3.63, 3.8) is 0 Å². The Morgan fingerprint density at radius 1 is 1.31 bits per heavy atom. The van der Waals surface area contributed by atoms with Gasteiger partial charge in [-0.2, -0.15) is 0 Å². The van der Waals surface area contributed by atoms with E-state index in [0.29, 0.717) is 18.8 Å². The molecule has 0 unspecified atom stereocenters. The molecule has 0 bridgehead atoms. The zero-order valence-electron chi connectivity index (χ0n) is 9.22. The van der Waals surface area contributed by atoms with E-state index in [-0.39, 0.29) is 12.5 Å². The number of carbonyl (C=O) groups excluding carboxylic acids is 1. The molecule has 1 heterocycles. The molecule has 1 aliphatic heterocycles.